The van der Waals surface area contributed by atoms with Crippen molar-refractivity contribution in [3.63, 3.8) is 0 Å². The number of hydrogen-bond donors (Lipinski definition) is 0. The second-order valence-corrected chi connectivity index (χ2v) is 9.40. The highest BCUT2D eigenvalue weighted by molar-refractivity contribution is 7.91. The smallest absolute Gasteiger partial charge is 0.199 e. The lowest BCUT2D eigenvalue weighted by Gasteiger charge is -2.15. The third kappa shape index (κ3) is 3.66. The first kappa shape index (κ1) is 18.7. The van der Waals surface area contributed by atoms with E-state index in [9.17, 15) is 8.42 Å². The maximum absolute atomic E-state index is 12.1. The number of sulfone groups is 1. The number of benzene rings is 2. The van der Waals surface area contributed by atoms with Crippen molar-refractivity contribution < 1.29 is 12.8 Å². The van der Waals surface area contributed by atoms with Gasteiger partial charge in [0.2, 0.25) is 0 Å². The maximum atomic E-state index is 12.1. The van der Waals surface area contributed by atoms with Crippen LogP contribution in [0.15, 0.2) is 51.8 Å². The second-order valence-electron chi connectivity index (χ2n) is 7.12. The second kappa shape index (κ2) is 7.38. The molecule has 3 aromatic rings. The number of nitrogens with zero attached hydrogens (tertiary/aromatic N) is 3. The van der Waals surface area contributed by atoms with Crippen molar-refractivity contribution in [2.75, 3.05) is 18.8 Å². The van der Waals surface area contributed by atoms with Crippen LogP contribution in [0.3, 0.4) is 0 Å². The Kier molecular flexibility index (Phi) is 4.92. The highest BCUT2D eigenvalue weighted by atomic mass is 32.2. The van der Waals surface area contributed by atoms with Crippen molar-refractivity contribution in [2.24, 2.45) is 0 Å². The first-order valence-corrected chi connectivity index (χ1v) is 11.0. The average Bonchev–Trinajstić information content (AvgIpc) is 3.34. The fourth-order valence-corrected chi connectivity index (χ4v) is 4.53. The van der Waals surface area contributed by atoms with Crippen molar-refractivity contribution in [3.8, 4) is 6.07 Å². The molecule has 7 heteroatoms. The molecular weight excluding hydrogens is 374 g/mol. The third-order valence-corrected chi connectivity index (χ3v) is 6.93. The Morgan fingerprint density at radius 1 is 1.29 bits per heavy atom. The molecule has 1 atom stereocenters. The van der Waals surface area contributed by atoms with Gasteiger partial charge in [-0.15, -0.1) is 0 Å². The highest BCUT2D eigenvalue weighted by Crippen LogP contribution is 2.31. The first-order chi connectivity index (χ1) is 13.5. The standard InChI is InChI=1S/C21H21N3O3S/c1-2-28(25,26)18-6-7-20-19(11-18)23-21(27-20)17-8-9-24(14-17)13-16-5-3-4-15(10-16)12-22/h3-7,10-11,17H,2,8-9,13-14H2,1H3/t17-/m0/s1. The van der Waals surface area contributed by atoms with Crippen molar-refractivity contribution in [3.05, 3.63) is 59.5 Å². The Morgan fingerprint density at radius 2 is 2.14 bits per heavy atom. The van der Waals surface area contributed by atoms with E-state index < -0.39 is 9.84 Å². The molecule has 0 aliphatic carbocycles. The van der Waals surface area contributed by atoms with Gasteiger partial charge in [-0.05, 0) is 48.9 Å². The van der Waals surface area contributed by atoms with E-state index in [0.717, 1.165) is 31.6 Å². The lowest BCUT2D eigenvalue weighted by molar-refractivity contribution is 0.321. The zero-order chi connectivity index (χ0) is 19.7. The van der Waals surface area contributed by atoms with Gasteiger partial charge in [-0.1, -0.05) is 19.1 Å². The Balaban J connectivity index is 1.50. The van der Waals surface area contributed by atoms with E-state index in [0.29, 0.717) is 22.6 Å². The summed E-state index contributed by atoms with van der Waals surface area (Å²) in [6.07, 6.45) is 0.935. The number of oxazole rings is 1. The summed E-state index contributed by atoms with van der Waals surface area (Å²) in [6, 6.07) is 14.7. The molecule has 1 aromatic heterocycles. The van der Waals surface area contributed by atoms with Crippen LogP contribution < -0.4 is 0 Å². The SMILES string of the molecule is CCS(=O)(=O)c1ccc2oc([C@H]3CCN(Cc4cccc(C#N)c4)C3)nc2c1. The molecule has 28 heavy (non-hydrogen) atoms. The number of nitriles is 1. The largest absolute Gasteiger partial charge is 0.440 e. The molecule has 1 aliphatic heterocycles. The summed E-state index contributed by atoms with van der Waals surface area (Å²) in [5.74, 6) is 0.903. The quantitative estimate of drug-likeness (QED) is 0.657. The van der Waals surface area contributed by atoms with Crippen LogP contribution in [0.2, 0.25) is 0 Å². The molecule has 0 N–H and O–H groups in total. The van der Waals surface area contributed by atoms with E-state index in [2.05, 4.69) is 16.0 Å². The van der Waals surface area contributed by atoms with Crippen molar-refractivity contribution >= 4 is 20.9 Å². The lowest BCUT2D eigenvalue weighted by atomic mass is 10.1. The van der Waals surface area contributed by atoms with Crippen LogP contribution in [0.4, 0.5) is 0 Å². The van der Waals surface area contributed by atoms with Gasteiger partial charge in [-0.25, -0.2) is 13.4 Å². The van der Waals surface area contributed by atoms with Gasteiger partial charge in [0.1, 0.15) is 5.52 Å². The summed E-state index contributed by atoms with van der Waals surface area (Å²) in [5.41, 5.74) is 2.99. The molecule has 144 valence electrons. The minimum Gasteiger partial charge on any atom is -0.440 e. The van der Waals surface area contributed by atoms with Gasteiger partial charge in [0.05, 0.1) is 22.3 Å². The zero-order valence-corrected chi connectivity index (χ0v) is 16.4. The molecule has 0 saturated carbocycles. The number of likely N-dealkylation sites (tertiary alicyclic amines) is 1. The van der Waals surface area contributed by atoms with Crippen molar-refractivity contribution in [1.82, 2.24) is 9.88 Å². The first-order valence-electron chi connectivity index (χ1n) is 9.33. The highest BCUT2D eigenvalue weighted by Gasteiger charge is 2.28. The topological polar surface area (TPSA) is 87.2 Å². The summed E-state index contributed by atoms with van der Waals surface area (Å²) < 4.78 is 30.1. The summed E-state index contributed by atoms with van der Waals surface area (Å²) in [7, 11) is -3.26. The molecule has 6 nitrogen and oxygen atoms in total. The van der Waals surface area contributed by atoms with Gasteiger partial charge in [0.15, 0.2) is 21.3 Å². The van der Waals surface area contributed by atoms with Gasteiger partial charge in [-0.2, -0.15) is 5.26 Å². The summed E-state index contributed by atoms with van der Waals surface area (Å²) in [4.78, 5) is 7.18. The fraction of sp³-hybridized carbons (Fsp3) is 0.333. The minimum atomic E-state index is -3.26. The monoisotopic (exact) mass is 395 g/mol. The molecule has 4 rings (SSSR count). The van der Waals surface area contributed by atoms with Crippen LogP contribution in [-0.2, 0) is 16.4 Å². The molecule has 1 saturated heterocycles. The van der Waals surface area contributed by atoms with Crippen LogP contribution in [-0.4, -0.2) is 37.1 Å². The molecule has 1 aliphatic rings. The van der Waals surface area contributed by atoms with Crippen LogP contribution in [0.25, 0.3) is 11.1 Å². The van der Waals surface area contributed by atoms with Crippen LogP contribution in [0.5, 0.6) is 0 Å². The summed E-state index contributed by atoms with van der Waals surface area (Å²) in [6.45, 7) is 4.16. The molecule has 0 spiro atoms. The molecule has 0 bridgehead atoms. The maximum Gasteiger partial charge on any atom is 0.199 e. The Morgan fingerprint density at radius 3 is 2.93 bits per heavy atom. The molecule has 1 fully saturated rings. The predicted molar refractivity (Wildman–Crippen MR) is 106 cm³/mol. The number of rotatable bonds is 5. The van der Waals surface area contributed by atoms with Crippen molar-refractivity contribution in [1.29, 1.82) is 5.26 Å². The van der Waals surface area contributed by atoms with Gasteiger partial charge in [-0.3, -0.25) is 4.90 Å². The molecular formula is C21H21N3O3S. The van der Waals surface area contributed by atoms with E-state index in [-0.39, 0.29) is 16.6 Å². The molecule has 0 unspecified atom stereocenters. The zero-order valence-electron chi connectivity index (χ0n) is 15.6. The summed E-state index contributed by atoms with van der Waals surface area (Å²) in [5, 5.41) is 9.05. The Bertz CT molecular complexity index is 1160. The van der Waals surface area contributed by atoms with E-state index in [1.54, 1.807) is 25.1 Å². The van der Waals surface area contributed by atoms with E-state index in [4.69, 9.17) is 9.68 Å². The van der Waals surface area contributed by atoms with Gasteiger partial charge >= 0.3 is 0 Å². The van der Waals surface area contributed by atoms with Crippen LogP contribution in [0, 0.1) is 11.3 Å². The van der Waals surface area contributed by atoms with E-state index >= 15 is 0 Å². The van der Waals surface area contributed by atoms with Crippen molar-refractivity contribution in [2.45, 2.75) is 30.7 Å². The number of fused-ring (bicyclic) bond motifs is 1. The molecule has 0 radical (unpaired) electrons. The third-order valence-electron chi connectivity index (χ3n) is 5.20. The Hall–Kier alpha value is -2.69. The fourth-order valence-electron chi connectivity index (χ4n) is 3.64. The predicted octanol–water partition coefficient (Wildman–Crippen LogP) is 3.48. The van der Waals surface area contributed by atoms with E-state index in [1.165, 1.54) is 0 Å². The van der Waals surface area contributed by atoms with E-state index in [1.807, 2.05) is 24.3 Å². The molecule has 0 amide bonds. The molecule has 2 heterocycles. The normalized spacial score (nSPS) is 17.8. The minimum absolute atomic E-state index is 0.0633. The Labute approximate surface area is 164 Å². The van der Waals surface area contributed by atoms with Gasteiger partial charge < -0.3 is 4.42 Å². The van der Waals surface area contributed by atoms with Crippen LogP contribution >= 0.6 is 0 Å². The lowest BCUT2D eigenvalue weighted by Crippen LogP contribution is -2.19. The summed E-state index contributed by atoms with van der Waals surface area (Å²) >= 11 is 0. The average molecular weight is 395 g/mol. The van der Waals surface area contributed by atoms with Gasteiger partial charge in [0, 0.05) is 19.0 Å². The number of hydrogen-bond acceptors (Lipinski definition) is 6. The number of aromatic nitrogens is 1. The van der Waals surface area contributed by atoms with Gasteiger partial charge in [0.25, 0.3) is 0 Å². The van der Waals surface area contributed by atoms with Crippen LogP contribution in [0.1, 0.15) is 36.3 Å². The molecule has 2 aromatic carbocycles.